The number of hydrogen-bond donors (Lipinski definition) is 1. The molecule has 1 aromatic carbocycles. The molecule has 21 heavy (non-hydrogen) atoms. The van der Waals surface area contributed by atoms with Crippen LogP contribution in [0.25, 0.3) is 17.0 Å². The Bertz CT molecular complexity index is 746. The second-order valence-corrected chi connectivity index (χ2v) is 6.02. The highest BCUT2D eigenvalue weighted by Gasteiger charge is 2.25. The summed E-state index contributed by atoms with van der Waals surface area (Å²) in [5.41, 5.74) is 2.14. The summed E-state index contributed by atoms with van der Waals surface area (Å²) < 4.78 is 2.21. The lowest BCUT2D eigenvalue weighted by Crippen LogP contribution is -2.17. The van der Waals surface area contributed by atoms with Crippen LogP contribution in [-0.2, 0) is 11.3 Å². The van der Waals surface area contributed by atoms with Gasteiger partial charge in [-0.2, -0.15) is 0 Å². The lowest BCUT2D eigenvalue weighted by atomic mass is 10.1. The van der Waals surface area contributed by atoms with Gasteiger partial charge >= 0.3 is 0 Å². The molecule has 0 spiro atoms. The molecule has 0 aliphatic carbocycles. The molecule has 1 saturated heterocycles. The predicted octanol–water partition coefficient (Wildman–Crippen LogP) is 3.77. The van der Waals surface area contributed by atoms with Crippen LogP contribution in [0.3, 0.4) is 0 Å². The molecular weight excluding hydrogens is 284 g/mol. The van der Waals surface area contributed by atoms with Crippen molar-refractivity contribution >= 4 is 39.9 Å². The number of rotatable bonds is 4. The maximum atomic E-state index is 11.7. The van der Waals surface area contributed by atoms with E-state index in [0.717, 1.165) is 47.6 Å². The minimum Gasteiger partial charge on any atom is -0.347 e. The van der Waals surface area contributed by atoms with E-state index in [1.54, 1.807) is 6.08 Å². The fourth-order valence-corrected chi connectivity index (χ4v) is 3.14. The molecule has 1 aromatic heterocycles. The standard InChI is InChI=1S/C16H16N2O2S/c1-2-3-8-18-10-11(12-6-4-5-7-13(12)18)9-14-15(19)17-16(20)21-14/h4-7,9-10H,2-3,8H2,1H3,(H,17,19,20)/b14-9-. The highest BCUT2D eigenvalue weighted by molar-refractivity contribution is 8.18. The van der Waals surface area contributed by atoms with Crippen molar-refractivity contribution in [3.05, 3.63) is 40.9 Å². The number of carbonyl (C=O) groups is 2. The molecular formula is C16H16N2O2S. The molecule has 108 valence electrons. The number of thioether (sulfide) groups is 1. The van der Waals surface area contributed by atoms with Gasteiger partial charge in [0.05, 0.1) is 4.91 Å². The Kier molecular flexibility index (Phi) is 3.84. The first-order valence-electron chi connectivity index (χ1n) is 7.02. The van der Waals surface area contributed by atoms with Crippen LogP contribution in [0.4, 0.5) is 4.79 Å². The van der Waals surface area contributed by atoms with E-state index in [0.29, 0.717) is 4.91 Å². The van der Waals surface area contributed by atoms with E-state index in [1.165, 1.54) is 0 Å². The summed E-state index contributed by atoms with van der Waals surface area (Å²) in [5.74, 6) is -0.310. The van der Waals surface area contributed by atoms with Gasteiger partial charge in [0.25, 0.3) is 11.1 Å². The van der Waals surface area contributed by atoms with Gasteiger partial charge in [0.2, 0.25) is 0 Å². The van der Waals surface area contributed by atoms with E-state index in [-0.39, 0.29) is 11.1 Å². The highest BCUT2D eigenvalue weighted by Crippen LogP contribution is 2.29. The van der Waals surface area contributed by atoms with E-state index < -0.39 is 0 Å². The van der Waals surface area contributed by atoms with Crippen molar-refractivity contribution in [3.63, 3.8) is 0 Å². The molecule has 1 fully saturated rings. The van der Waals surface area contributed by atoms with Crippen molar-refractivity contribution in [2.45, 2.75) is 26.3 Å². The van der Waals surface area contributed by atoms with Crippen LogP contribution in [0, 0.1) is 0 Å². The fourth-order valence-electron chi connectivity index (χ4n) is 2.47. The van der Waals surface area contributed by atoms with Gasteiger partial charge in [-0.1, -0.05) is 31.5 Å². The summed E-state index contributed by atoms with van der Waals surface area (Å²) in [6.07, 6.45) is 6.11. The number of benzene rings is 1. The highest BCUT2D eigenvalue weighted by atomic mass is 32.2. The minimum absolute atomic E-state index is 0.305. The predicted molar refractivity (Wildman–Crippen MR) is 86.0 cm³/mol. The van der Waals surface area contributed by atoms with Crippen molar-refractivity contribution in [2.75, 3.05) is 0 Å². The molecule has 5 heteroatoms. The van der Waals surface area contributed by atoms with Gasteiger partial charge in [-0.05, 0) is 30.3 Å². The van der Waals surface area contributed by atoms with Crippen LogP contribution < -0.4 is 5.32 Å². The molecule has 2 heterocycles. The largest absolute Gasteiger partial charge is 0.347 e. The number of amides is 2. The third-order valence-corrected chi connectivity index (χ3v) is 4.31. The number of aromatic nitrogens is 1. The lowest BCUT2D eigenvalue weighted by Gasteiger charge is -2.02. The van der Waals surface area contributed by atoms with Gasteiger partial charge in [0, 0.05) is 29.2 Å². The van der Waals surface area contributed by atoms with Gasteiger partial charge in [-0.25, -0.2) is 0 Å². The molecule has 0 unspecified atom stereocenters. The Hall–Kier alpha value is -2.01. The number of hydrogen-bond acceptors (Lipinski definition) is 3. The normalized spacial score (nSPS) is 16.9. The summed E-state index contributed by atoms with van der Waals surface area (Å²) in [6.45, 7) is 3.12. The molecule has 0 atom stereocenters. The zero-order chi connectivity index (χ0) is 14.8. The Morgan fingerprint density at radius 1 is 1.29 bits per heavy atom. The number of carbonyl (C=O) groups excluding carboxylic acids is 2. The molecule has 0 saturated carbocycles. The minimum atomic E-state index is -0.310. The summed E-state index contributed by atoms with van der Waals surface area (Å²) >= 11 is 0.956. The summed E-state index contributed by atoms with van der Waals surface area (Å²) in [4.78, 5) is 23.4. The Labute approximate surface area is 127 Å². The molecule has 2 aromatic rings. The zero-order valence-corrected chi connectivity index (χ0v) is 12.6. The van der Waals surface area contributed by atoms with Crippen molar-refractivity contribution in [2.24, 2.45) is 0 Å². The maximum Gasteiger partial charge on any atom is 0.290 e. The Morgan fingerprint density at radius 2 is 2.10 bits per heavy atom. The Balaban J connectivity index is 2.04. The van der Waals surface area contributed by atoms with Crippen LogP contribution in [0.2, 0.25) is 0 Å². The summed E-state index contributed by atoms with van der Waals surface area (Å²) in [7, 11) is 0. The number of nitrogens with one attached hydrogen (secondary N) is 1. The monoisotopic (exact) mass is 300 g/mol. The van der Waals surface area contributed by atoms with Crippen molar-refractivity contribution in [1.29, 1.82) is 0 Å². The number of fused-ring (bicyclic) bond motifs is 1. The third-order valence-electron chi connectivity index (χ3n) is 3.50. The van der Waals surface area contributed by atoms with Gasteiger partial charge in [0.1, 0.15) is 0 Å². The van der Waals surface area contributed by atoms with Crippen LogP contribution in [0.5, 0.6) is 0 Å². The number of para-hydroxylation sites is 1. The zero-order valence-electron chi connectivity index (χ0n) is 11.8. The number of unbranched alkanes of at least 4 members (excludes halogenated alkanes) is 1. The number of imide groups is 1. The molecule has 2 amide bonds. The van der Waals surface area contributed by atoms with Crippen LogP contribution >= 0.6 is 11.8 Å². The van der Waals surface area contributed by atoms with Crippen molar-refractivity contribution < 1.29 is 9.59 Å². The van der Waals surface area contributed by atoms with Crippen LogP contribution in [0.1, 0.15) is 25.3 Å². The molecule has 4 nitrogen and oxygen atoms in total. The smallest absolute Gasteiger partial charge is 0.290 e. The second kappa shape index (κ2) is 5.77. The lowest BCUT2D eigenvalue weighted by molar-refractivity contribution is -0.115. The molecule has 3 rings (SSSR count). The third kappa shape index (κ3) is 2.74. The van der Waals surface area contributed by atoms with Crippen LogP contribution in [0.15, 0.2) is 35.4 Å². The van der Waals surface area contributed by atoms with Crippen LogP contribution in [-0.4, -0.2) is 15.7 Å². The Morgan fingerprint density at radius 3 is 2.81 bits per heavy atom. The van der Waals surface area contributed by atoms with E-state index in [4.69, 9.17) is 0 Å². The van der Waals surface area contributed by atoms with Crippen molar-refractivity contribution in [3.8, 4) is 0 Å². The first kappa shape index (κ1) is 13.9. The quantitative estimate of drug-likeness (QED) is 0.875. The molecule has 0 bridgehead atoms. The van der Waals surface area contributed by atoms with E-state index in [1.807, 2.05) is 18.2 Å². The SMILES string of the molecule is CCCCn1cc(/C=C2\SC(=O)NC2=O)c2ccccc21. The number of aryl methyl sites for hydroxylation is 1. The van der Waals surface area contributed by atoms with Crippen molar-refractivity contribution in [1.82, 2.24) is 9.88 Å². The van der Waals surface area contributed by atoms with E-state index in [9.17, 15) is 9.59 Å². The maximum absolute atomic E-state index is 11.7. The molecule has 1 aliphatic heterocycles. The first-order valence-corrected chi connectivity index (χ1v) is 7.83. The van der Waals surface area contributed by atoms with E-state index >= 15 is 0 Å². The summed E-state index contributed by atoms with van der Waals surface area (Å²) in [6, 6.07) is 8.13. The fraction of sp³-hybridized carbons (Fsp3) is 0.250. The molecule has 0 radical (unpaired) electrons. The van der Waals surface area contributed by atoms with Gasteiger partial charge in [0.15, 0.2) is 0 Å². The topological polar surface area (TPSA) is 51.1 Å². The van der Waals surface area contributed by atoms with Gasteiger partial charge in [-0.15, -0.1) is 0 Å². The average molecular weight is 300 g/mol. The van der Waals surface area contributed by atoms with Gasteiger partial charge < -0.3 is 4.57 Å². The van der Waals surface area contributed by atoms with Gasteiger partial charge in [-0.3, -0.25) is 14.9 Å². The average Bonchev–Trinajstić information content (AvgIpc) is 2.98. The van der Waals surface area contributed by atoms with E-state index in [2.05, 4.69) is 29.1 Å². The summed E-state index contributed by atoms with van der Waals surface area (Å²) in [5, 5.41) is 3.09. The second-order valence-electron chi connectivity index (χ2n) is 5.00. The molecule has 1 aliphatic rings. The number of nitrogens with zero attached hydrogens (tertiary/aromatic N) is 1. The molecule has 1 N–H and O–H groups in total. The first-order chi connectivity index (χ1) is 10.2.